The van der Waals surface area contributed by atoms with Crippen LogP contribution in [-0.4, -0.2) is 65.6 Å². The van der Waals surface area contributed by atoms with Gasteiger partial charge in [0, 0.05) is 37.5 Å². The van der Waals surface area contributed by atoms with Gasteiger partial charge in [0.25, 0.3) is 11.2 Å². The number of carbonyl (C=O) groups is 1. The van der Waals surface area contributed by atoms with Gasteiger partial charge >= 0.3 is 5.97 Å². The predicted octanol–water partition coefficient (Wildman–Crippen LogP) is 2.19. The summed E-state index contributed by atoms with van der Waals surface area (Å²) in [5, 5.41) is 27.9. The summed E-state index contributed by atoms with van der Waals surface area (Å²) >= 11 is 0. The van der Waals surface area contributed by atoms with Crippen molar-refractivity contribution < 1.29 is 29.0 Å². The van der Waals surface area contributed by atoms with Crippen LogP contribution in [0, 0.1) is 10.1 Å². The van der Waals surface area contributed by atoms with Crippen LogP contribution in [0.25, 0.3) is 0 Å². The maximum Gasteiger partial charge on any atom is 0.336 e. The molecule has 2 atom stereocenters. The zero-order valence-electron chi connectivity index (χ0n) is 22.8. The summed E-state index contributed by atoms with van der Waals surface area (Å²) in [6.45, 7) is 2.41. The van der Waals surface area contributed by atoms with E-state index in [1.54, 1.807) is 31.2 Å². The second-order valence-corrected chi connectivity index (χ2v) is 9.27. The van der Waals surface area contributed by atoms with E-state index in [1.165, 1.54) is 43.3 Å². The van der Waals surface area contributed by atoms with Gasteiger partial charge in [0.1, 0.15) is 18.5 Å². The fraction of sp³-hybridized carbons (Fsp3) is 0.321. The minimum Gasteiger partial charge on any atom is -0.493 e. The Morgan fingerprint density at radius 3 is 2.68 bits per heavy atom. The van der Waals surface area contributed by atoms with Crippen LogP contribution in [-0.2, 0) is 16.1 Å². The number of fused-ring (bicyclic) bond motifs is 1. The number of aromatic nitrogens is 2. The number of carbonyl (C=O) groups excluding carboxylic acids is 1. The summed E-state index contributed by atoms with van der Waals surface area (Å²) < 4.78 is 17.2. The SMILES string of the molecule is COC(=O)C1=C(C)Nc2ncn(CCNCC(O)COc3ccccc3OC)c(=O)c2C1c1cccc([N+](=O)[O-])c1. The van der Waals surface area contributed by atoms with Crippen molar-refractivity contribution >= 4 is 17.5 Å². The molecule has 216 valence electrons. The quantitative estimate of drug-likeness (QED) is 0.127. The topological polar surface area (TPSA) is 167 Å². The third-order valence-corrected chi connectivity index (χ3v) is 6.59. The summed E-state index contributed by atoms with van der Waals surface area (Å²) in [6.07, 6.45) is 0.564. The Hall–Kier alpha value is -4.75. The minimum absolute atomic E-state index is 0.0340. The lowest BCUT2D eigenvalue weighted by Gasteiger charge is -2.29. The molecule has 0 fully saturated rings. The standard InChI is InChI=1S/C28H31N5O8/c1-17-23(28(36)40-3)24(18-7-6-8-19(13-18)33(37)38)25-26(31-17)30-16-32(27(25)35)12-11-29-14-20(34)15-41-22-10-5-4-9-21(22)39-2/h4-10,13,16,20,24,29,31,34H,11-12,14-15H2,1-3H3. The molecule has 41 heavy (non-hydrogen) atoms. The van der Waals surface area contributed by atoms with Gasteiger partial charge in [0.05, 0.1) is 42.5 Å². The fourth-order valence-electron chi connectivity index (χ4n) is 4.61. The highest BCUT2D eigenvalue weighted by Gasteiger charge is 2.36. The van der Waals surface area contributed by atoms with Crippen LogP contribution in [0.15, 0.2) is 70.9 Å². The number of hydrogen-bond acceptors (Lipinski definition) is 11. The van der Waals surface area contributed by atoms with Crippen LogP contribution >= 0.6 is 0 Å². The van der Waals surface area contributed by atoms with E-state index in [0.717, 1.165) is 0 Å². The summed E-state index contributed by atoms with van der Waals surface area (Å²) in [7, 11) is 2.76. The van der Waals surface area contributed by atoms with Crippen molar-refractivity contribution in [3.8, 4) is 11.5 Å². The lowest BCUT2D eigenvalue weighted by molar-refractivity contribution is -0.384. The van der Waals surface area contributed by atoms with E-state index in [0.29, 0.717) is 29.3 Å². The van der Waals surface area contributed by atoms with E-state index in [-0.39, 0.29) is 42.3 Å². The van der Waals surface area contributed by atoms with Crippen molar-refractivity contribution in [3.63, 3.8) is 0 Å². The van der Waals surface area contributed by atoms with Crippen molar-refractivity contribution in [2.45, 2.75) is 25.5 Å². The number of aliphatic hydroxyl groups excluding tert-OH is 1. The Bertz CT molecular complexity index is 1520. The fourth-order valence-corrected chi connectivity index (χ4v) is 4.61. The molecular formula is C28H31N5O8. The maximum absolute atomic E-state index is 13.7. The number of nitrogens with zero attached hydrogens (tertiary/aromatic N) is 3. The molecule has 13 heteroatoms. The molecule has 0 saturated heterocycles. The number of anilines is 1. The number of non-ortho nitro benzene ring substituents is 1. The monoisotopic (exact) mass is 565 g/mol. The number of nitro groups is 1. The van der Waals surface area contributed by atoms with E-state index >= 15 is 0 Å². The predicted molar refractivity (Wildman–Crippen MR) is 149 cm³/mol. The summed E-state index contributed by atoms with van der Waals surface area (Å²) in [4.78, 5) is 41.8. The number of ether oxygens (including phenoxy) is 3. The first kappa shape index (κ1) is 29.2. The van der Waals surface area contributed by atoms with Crippen LogP contribution in [0.2, 0.25) is 0 Å². The third kappa shape index (κ3) is 6.53. The molecule has 0 aliphatic carbocycles. The number of methoxy groups -OCH3 is 2. The smallest absolute Gasteiger partial charge is 0.336 e. The highest BCUT2D eigenvalue weighted by molar-refractivity contribution is 5.94. The Labute approximate surface area is 235 Å². The number of rotatable bonds is 12. The molecule has 4 rings (SSSR count). The minimum atomic E-state index is -0.937. The van der Waals surface area contributed by atoms with Gasteiger partial charge in [-0.2, -0.15) is 0 Å². The van der Waals surface area contributed by atoms with Gasteiger partial charge in [0.2, 0.25) is 0 Å². The lowest BCUT2D eigenvalue weighted by atomic mass is 9.82. The molecule has 3 N–H and O–H groups in total. The molecular weight excluding hydrogens is 534 g/mol. The highest BCUT2D eigenvalue weighted by Crippen LogP contribution is 2.40. The van der Waals surface area contributed by atoms with Gasteiger partial charge in [-0.05, 0) is 24.6 Å². The molecule has 0 bridgehead atoms. The first-order valence-corrected chi connectivity index (χ1v) is 12.8. The Balaban J connectivity index is 1.50. The van der Waals surface area contributed by atoms with Crippen LogP contribution < -0.4 is 25.7 Å². The molecule has 0 amide bonds. The number of aliphatic hydroxyl groups is 1. The number of nitrogens with one attached hydrogen (secondary N) is 2. The molecule has 0 radical (unpaired) electrons. The van der Waals surface area contributed by atoms with Crippen LogP contribution in [0.5, 0.6) is 11.5 Å². The highest BCUT2D eigenvalue weighted by atomic mass is 16.6. The van der Waals surface area contributed by atoms with E-state index < -0.39 is 28.5 Å². The van der Waals surface area contributed by atoms with Gasteiger partial charge in [-0.3, -0.25) is 19.5 Å². The van der Waals surface area contributed by atoms with E-state index in [2.05, 4.69) is 15.6 Å². The average molecular weight is 566 g/mol. The number of allylic oxidation sites excluding steroid dienone is 1. The van der Waals surface area contributed by atoms with E-state index in [9.17, 15) is 24.8 Å². The van der Waals surface area contributed by atoms with Crippen LogP contribution in [0.4, 0.5) is 11.5 Å². The van der Waals surface area contributed by atoms with E-state index in [1.807, 2.05) is 6.07 Å². The number of hydrogen-bond donors (Lipinski definition) is 3. The van der Waals surface area contributed by atoms with Crippen molar-refractivity contribution in [2.75, 3.05) is 39.2 Å². The number of benzene rings is 2. The maximum atomic E-state index is 13.7. The molecule has 1 aliphatic rings. The number of nitro benzene ring substituents is 1. The van der Waals surface area contributed by atoms with Gasteiger partial charge in [0.15, 0.2) is 11.5 Å². The van der Waals surface area contributed by atoms with Crippen molar-refractivity contribution in [1.82, 2.24) is 14.9 Å². The zero-order valence-corrected chi connectivity index (χ0v) is 22.8. The Kier molecular flexibility index (Phi) is 9.32. The first-order valence-electron chi connectivity index (χ1n) is 12.8. The Morgan fingerprint density at radius 2 is 1.98 bits per heavy atom. The summed E-state index contributed by atoms with van der Waals surface area (Å²) in [5.41, 5.74) is 0.546. The second kappa shape index (κ2) is 13.1. The van der Waals surface area contributed by atoms with Crippen molar-refractivity contribution in [3.05, 3.63) is 97.7 Å². The molecule has 1 aromatic heterocycles. The van der Waals surface area contributed by atoms with Crippen LogP contribution in [0.1, 0.15) is 24.0 Å². The molecule has 3 aromatic rings. The molecule has 2 heterocycles. The Morgan fingerprint density at radius 1 is 1.22 bits per heavy atom. The van der Waals surface area contributed by atoms with Crippen molar-refractivity contribution in [2.24, 2.45) is 0 Å². The second-order valence-electron chi connectivity index (χ2n) is 9.27. The lowest BCUT2D eigenvalue weighted by Crippen LogP contribution is -2.37. The number of esters is 1. The van der Waals surface area contributed by atoms with Crippen LogP contribution in [0.3, 0.4) is 0 Å². The summed E-state index contributed by atoms with van der Waals surface area (Å²) in [5.74, 6) is -0.274. The van der Waals surface area contributed by atoms with Gasteiger partial charge in [-0.25, -0.2) is 9.78 Å². The largest absolute Gasteiger partial charge is 0.493 e. The molecule has 1 aliphatic heterocycles. The molecule has 2 unspecified atom stereocenters. The van der Waals surface area contributed by atoms with Crippen molar-refractivity contribution in [1.29, 1.82) is 0 Å². The number of para-hydroxylation sites is 2. The summed E-state index contributed by atoms with van der Waals surface area (Å²) in [6, 6.07) is 12.9. The molecule has 2 aromatic carbocycles. The van der Waals surface area contributed by atoms with E-state index in [4.69, 9.17) is 14.2 Å². The van der Waals surface area contributed by atoms with Gasteiger partial charge < -0.3 is 30.0 Å². The van der Waals surface area contributed by atoms with Gasteiger partial charge in [-0.15, -0.1) is 0 Å². The first-order chi connectivity index (χ1) is 19.7. The molecule has 13 nitrogen and oxygen atoms in total. The molecule has 0 saturated carbocycles. The average Bonchev–Trinajstić information content (AvgIpc) is 2.98. The van der Waals surface area contributed by atoms with Gasteiger partial charge in [-0.1, -0.05) is 24.3 Å². The molecule has 0 spiro atoms. The zero-order chi connectivity index (χ0) is 29.5. The third-order valence-electron chi connectivity index (χ3n) is 6.59. The normalized spacial score (nSPS) is 15.0.